The Hall–Kier alpha value is -3.83. The van der Waals surface area contributed by atoms with Crippen molar-refractivity contribution in [2.24, 2.45) is 0 Å². The number of carbonyl (C=O) groups is 2. The van der Waals surface area contributed by atoms with Gasteiger partial charge < -0.3 is 19.5 Å². The minimum Gasteiger partial charge on any atom is -0.486 e. The molecule has 1 amide bonds. The van der Waals surface area contributed by atoms with E-state index in [2.05, 4.69) is 5.32 Å². The Morgan fingerprint density at radius 3 is 2.26 bits per heavy atom. The van der Waals surface area contributed by atoms with Crippen molar-refractivity contribution in [3.63, 3.8) is 0 Å². The molecule has 0 saturated carbocycles. The summed E-state index contributed by atoms with van der Waals surface area (Å²) in [7, 11) is 0. The van der Waals surface area contributed by atoms with Gasteiger partial charge in [0.15, 0.2) is 17.6 Å². The third-order valence-corrected chi connectivity index (χ3v) is 4.21. The van der Waals surface area contributed by atoms with Crippen LogP contribution in [0.25, 0.3) is 0 Å². The van der Waals surface area contributed by atoms with Gasteiger partial charge in [-0.25, -0.2) is 4.79 Å². The fourth-order valence-corrected chi connectivity index (χ4v) is 2.66. The zero-order chi connectivity index (χ0) is 22.8. The number of rotatable bonds is 5. The van der Waals surface area contributed by atoms with Crippen LogP contribution in [-0.4, -0.2) is 36.1 Å². The van der Waals surface area contributed by atoms with Crippen LogP contribution < -0.4 is 14.8 Å². The molecule has 1 aliphatic heterocycles. The molecule has 164 valence electrons. The molecule has 0 bridgehead atoms. The molecular formula is C19H15F3N2O7. The molecule has 0 spiro atoms. The minimum absolute atomic E-state index is 0.0474. The molecule has 2 aromatic carbocycles. The lowest BCUT2D eigenvalue weighted by atomic mass is 10.1. The first-order chi connectivity index (χ1) is 14.6. The summed E-state index contributed by atoms with van der Waals surface area (Å²) in [6, 6.07) is 5.77. The molecule has 3 rings (SSSR count). The third kappa shape index (κ3) is 5.02. The summed E-state index contributed by atoms with van der Waals surface area (Å²) in [5, 5.41) is 13.6. The van der Waals surface area contributed by atoms with Crippen LogP contribution in [0.1, 0.15) is 22.8 Å². The van der Waals surface area contributed by atoms with E-state index in [-0.39, 0.29) is 30.4 Å². The molecule has 1 heterocycles. The van der Waals surface area contributed by atoms with Crippen LogP contribution in [0.2, 0.25) is 0 Å². The van der Waals surface area contributed by atoms with E-state index < -0.39 is 45.9 Å². The van der Waals surface area contributed by atoms with Gasteiger partial charge in [-0.3, -0.25) is 14.9 Å². The monoisotopic (exact) mass is 440 g/mol. The number of halogens is 3. The highest BCUT2D eigenvalue weighted by Crippen LogP contribution is 2.37. The van der Waals surface area contributed by atoms with Gasteiger partial charge >= 0.3 is 12.1 Å². The third-order valence-electron chi connectivity index (χ3n) is 4.21. The Balaban J connectivity index is 1.71. The van der Waals surface area contributed by atoms with Crippen molar-refractivity contribution < 1.29 is 41.9 Å². The zero-order valence-corrected chi connectivity index (χ0v) is 15.9. The van der Waals surface area contributed by atoms with Crippen LogP contribution in [0.5, 0.6) is 11.5 Å². The molecule has 31 heavy (non-hydrogen) atoms. The number of benzene rings is 2. The lowest BCUT2D eigenvalue weighted by Gasteiger charge is -2.19. The van der Waals surface area contributed by atoms with Crippen LogP contribution >= 0.6 is 0 Å². The van der Waals surface area contributed by atoms with Gasteiger partial charge in [-0.15, -0.1) is 0 Å². The number of nitro benzene ring substituents is 1. The molecule has 2 aromatic rings. The molecule has 0 fully saturated rings. The van der Waals surface area contributed by atoms with E-state index in [0.717, 1.165) is 36.4 Å². The summed E-state index contributed by atoms with van der Waals surface area (Å²) in [5.41, 5.74) is -1.88. The number of ether oxygens (including phenoxy) is 3. The smallest absolute Gasteiger partial charge is 0.416 e. The van der Waals surface area contributed by atoms with Crippen LogP contribution in [0.15, 0.2) is 36.4 Å². The lowest BCUT2D eigenvalue weighted by Crippen LogP contribution is -2.30. The number of amides is 1. The summed E-state index contributed by atoms with van der Waals surface area (Å²) in [6.07, 6.45) is -5.92. The van der Waals surface area contributed by atoms with Gasteiger partial charge in [-0.1, -0.05) is 0 Å². The number of alkyl halides is 3. The van der Waals surface area contributed by atoms with Gasteiger partial charge in [0.2, 0.25) is 0 Å². The van der Waals surface area contributed by atoms with Gasteiger partial charge in [0.25, 0.3) is 11.6 Å². The maximum Gasteiger partial charge on any atom is 0.416 e. The van der Waals surface area contributed by atoms with Crippen molar-refractivity contribution in [2.75, 3.05) is 18.5 Å². The van der Waals surface area contributed by atoms with E-state index in [1.807, 2.05) is 0 Å². The van der Waals surface area contributed by atoms with E-state index in [1.165, 1.54) is 6.92 Å². The molecule has 0 aromatic heterocycles. The Morgan fingerprint density at radius 2 is 1.71 bits per heavy atom. The Kier molecular flexibility index (Phi) is 5.99. The number of fused-ring (bicyclic) bond motifs is 1. The van der Waals surface area contributed by atoms with E-state index >= 15 is 0 Å². The molecule has 1 atom stereocenters. The molecule has 0 saturated heterocycles. The van der Waals surface area contributed by atoms with Gasteiger partial charge in [0, 0.05) is 11.8 Å². The van der Waals surface area contributed by atoms with Gasteiger partial charge in [0.1, 0.15) is 18.8 Å². The summed E-state index contributed by atoms with van der Waals surface area (Å²) >= 11 is 0. The summed E-state index contributed by atoms with van der Waals surface area (Å²) in [5.74, 6) is -1.78. The topological polar surface area (TPSA) is 117 Å². The quantitative estimate of drug-likeness (QED) is 0.429. The largest absolute Gasteiger partial charge is 0.486 e. The van der Waals surface area contributed by atoms with Crippen LogP contribution in [-0.2, 0) is 15.7 Å². The number of hydrogen-bond donors (Lipinski definition) is 1. The highest BCUT2D eigenvalue weighted by atomic mass is 19.4. The summed E-state index contributed by atoms with van der Waals surface area (Å²) < 4.78 is 53.3. The van der Waals surface area contributed by atoms with Crippen molar-refractivity contribution >= 4 is 23.3 Å². The average molecular weight is 440 g/mol. The molecule has 1 aliphatic rings. The molecule has 1 unspecified atom stereocenters. The zero-order valence-electron chi connectivity index (χ0n) is 15.9. The van der Waals surface area contributed by atoms with E-state index in [9.17, 15) is 32.9 Å². The van der Waals surface area contributed by atoms with Gasteiger partial charge in [-0.05, 0) is 31.2 Å². The predicted octanol–water partition coefficient (Wildman–Crippen LogP) is 3.57. The molecule has 0 aliphatic carbocycles. The molecule has 1 N–H and O–H groups in total. The Bertz CT molecular complexity index is 1020. The fourth-order valence-electron chi connectivity index (χ4n) is 2.66. The van der Waals surface area contributed by atoms with Crippen LogP contribution in [0.4, 0.5) is 24.5 Å². The van der Waals surface area contributed by atoms with E-state index in [4.69, 9.17) is 14.2 Å². The SMILES string of the molecule is CC(OC(=O)c1cc2c(cc1[N+](=O)[O-])OCCO2)C(=O)Nc1ccc(C(F)(F)F)cc1. The average Bonchev–Trinajstić information content (AvgIpc) is 2.72. The molecule has 0 radical (unpaired) electrons. The Labute approximate surface area is 172 Å². The second kappa shape index (κ2) is 8.50. The summed E-state index contributed by atoms with van der Waals surface area (Å²) in [6.45, 7) is 1.58. The number of hydrogen-bond acceptors (Lipinski definition) is 7. The van der Waals surface area contributed by atoms with E-state index in [0.29, 0.717) is 0 Å². The Morgan fingerprint density at radius 1 is 1.13 bits per heavy atom. The van der Waals surface area contributed by atoms with Crippen molar-refractivity contribution in [3.8, 4) is 11.5 Å². The molecule has 12 heteroatoms. The highest BCUT2D eigenvalue weighted by molar-refractivity contribution is 5.99. The van der Waals surface area contributed by atoms with E-state index in [1.54, 1.807) is 0 Å². The molecule has 9 nitrogen and oxygen atoms in total. The van der Waals surface area contributed by atoms with Crippen LogP contribution in [0, 0.1) is 10.1 Å². The number of esters is 1. The van der Waals surface area contributed by atoms with Crippen molar-refractivity contribution in [2.45, 2.75) is 19.2 Å². The maximum atomic E-state index is 12.6. The number of carbonyl (C=O) groups excluding carboxylic acids is 2. The number of anilines is 1. The second-order valence-electron chi connectivity index (χ2n) is 6.38. The number of nitro groups is 1. The lowest BCUT2D eigenvalue weighted by molar-refractivity contribution is -0.385. The summed E-state index contributed by atoms with van der Waals surface area (Å²) in [4.78, 5) is 35.2. The standard InChI is InChI=1S/C19H15F3N2O7/c1-10(17(25)23-12-4-2-11(3-5-12)19(20,21)22)31-18(26)13-8-15-16(30-7-6-29-15)9-14(13)24(27)28/h2-5,8-10H,6-7H2,1H3,(H,23,25). The number of nitrogens with one attached hydrogen (secondary N) is 1. The minimum atomic E-state index is -4.52. The maximum absolute atomic E-state index is 12.6. The first kappa shape index (κ1) is 21.9. The highest BCUT2D eigenvalue weighted by Gasteiger charge is 2.31. The van der Waals surface area contributed by atoms with Crippen molar-refractivity contribution in [3.05, 3.63) is 57.6 Å². The first-order valence-corrected chi connectivity index (χ1v) is 8.83. The van der Waals surface area contributed by atoms with Crippen molar-refractivity contribution in [1.29, 1.82) is 0 Å². The second-order valence-corrected chi connectivity index (χ2v) is 6.38. The van der Waals surface area contributed by atoms with Gasteiger partial charge in [0.05, 0.1) is 16.6 Å². The normalized spacial score (nSPS) is 13.8. The van der Waals surface area contributed by atoms with Crippen LogP contribution in [0.3, 0.4) is 0 Å². The fraction of sp³-hybridized carbons (Fsp3) is 0.263. The number of nitrogens with zero attached hydrogens (tertiary/aromatic N) is 1. The van der Waals surface area contributed by atoms with Crippen molar-refractivity contribution in [1.82, 2.24) is 0 Å². The molecular weight excluding hydrogens is 425 g/mol. The van der Waals surface area contributed by atoms with Gasteiger partial charge in [-0.2, -0.15) is 13.2 Å². The predicted molar refractivity (Wildman–Crippen MR) is 99.0 cm³/mol. The first-order valence-electron chi connectivity index (χ1n) is 8.83.